The summed E-state index contributed by atoms with van der Waals surface area (Å²) in [5.41, 5.74) is -4.03. The lowest BCUT2D eigenvalue weighted by Gasteiger charge is -2.51. The maximum Gasteiger partial charge on any atom is 0.311 e. The van der Waals surface area contributed by atoms with Crippen LogP contribution in [0, 0.1) is 23.7 Å². The quantitative estimate of drug-likeness (QED) is 0.0816. The van der Waals surface area contributed by atoms with Gasteiger partial charge in [-0.1, -0.05) is 39.3 Å². The van der Waals surface area contributed by atoms with Gasteiger partial charge < -0.3 is 67.1 Å². The minimum absolute atomic E-state index is 0.0442. The third-order valence-electron chi connectivity index (χ3n) is 14.9. The first-order chi connectivity index (χ1) is 31.0. The zero-order valence-electron chi connectivity index (χ0n) is 44.8. The molecule has 1 saturated carbocycles. The van der Waals surface area contributed by atoms with Crippen LogP contribution in [0.4, 0.5) is 0 Å². The van der Waals surface area contributed by atoms with E-state index in [4.69, 9.17) is 52.0 Å². The average Bonchev–Trinajstić information content (AvgIpc) is 3.23. The summed E-state index contributed by atoms with van der Waals surface area (Å²) in [5, 5.41) is 42.7. The molecule has 0 aromatic carbocycles. The van der Waals surface area contributed by atoms with Crippen molar-refractivity contribution in [3.05, 3.63) is 0 Å². The molecule has 0 radical (unpaired) electrons. The second-order valence-electron chi connectivity index (χ2n) is 22.7. The molecule has 3 saturated heterocycles. The van der Waals surface area contributed by atoms with Crippen molar-refractivity contribution in [1.82, 2.24) is 4.90 Å². The van der Waals surface area contributed by atoms with Crippen LogP contribution in [0.25, 0.3) is 0 Å². The fourth-order valence-corrected chi connectivity index (χ4v) is 13.1. The number of hydrogen-bond donors (Lipinski definition) is 3. The zero-order valence-corrected chi connectivity index (χ0v) is 47.8. The summed E-state index contributed by atoms with van der Waals surface area (Å²) in [7, 11) is 4.02. The van der Waals surface area contributed by atoms with Gasteiger partial charge in [-0.3, -0.25) is 4.79 Å². The normalized spacial score (nSPS) is 43.8. The van der Waals surface area contributed by atoms with Crippen molar-refractivity contribution in [2.24, 2.45) is 28.8 Å². The molecular weight excluding hydrogens is 897 g/mol. The van der Waals surface area contributed by atoms with E-state index in [2.05, 4.69) is 24.5 Å². The number of hydrogen-bond acceptors (Lipinski definition) is 16. The lowest BCUT2D eigenvalue weighted by molar-refractivity contribution is -0.314. The van der Waals surface area contributed by atoms with Crippen LogP contribution in [0.3, 0.4) is 0 Å². The van der Waals surface area contributed by atoms with Crippen LogP contribution in [-0.2, 0) is 51.6 Å². The average molecular weight is 991 g/mol. The molecule has 3 heterocycles. The molecule has 3 aliphatic heterocycles. The SMILES string of the molecule is CC[C@H]1OC(=O)[C@H](C)[C@@H](OC2C[C@@](C)(OC)[C@@H](O[Si](C)(C)C)[C@H](C)O2)[C@H](C)[C@@H](OC2O[C@H](C)C[C@H](N(C)C)[C@H]2O[SiH3])[C@@](C)(O)C[C@@H](C)C(=NOC2(OC(C)C)CCCCC2)C(C)[C@@H](O)[C@]1(C)O. The summed E-state index contributed by atoms with van der Waals surface area (Å²) >= 11 is 0. The summed E-state index contributed by atoms with van der Waals surface area (Å²) in [4.78, 5) is 23.4. The Morgan fingerprint density at radius 2 is 1.54 bits per heavy atom. The van der Waals surface area contributed by atoms with Gasteiger partial charge in [-0.05, 0) is 121 Å². The van der Waals surface area contributed by atoms with Crippen molar-refractivity contribution in [2.45, 2.75) is 257 Å². The molecule has 4 rings (SSSR count). The van der Waals surface area contributed by atoms with Crippen molar-refractivity contribution in [1.29, 1.82) is 0 Å². The first kappa shape index (κ1) is 58.5. The molecule has 0 amide bonds. The molecule has 1 aliphatic carbocycles. The molecule has 16 nitrogen and oxygen atoms in total. The molecule has 4 aliphatic rings. The number of oxime groups is 1. The number of likely N-dealkylation sites (N-methyl/N-ethyl adjacent to an activating group) is 1. The summed E-state index contributed by atoms with van der Waals surface area (Å²) in [6.07, 6.45) is -2.73. The summed E-state index contributed by atoms with van der Waals surface area (Å²) in [5.74, 6) is -4.77. The third-order valence-corrected chi connectivity index (χ3v) is 16.4. The molecule has 0 bridgehead atoms. The van der Waals surface area contributed by atoms with E-state index in [9.17, 15) is 20.1 Å². The van der Waals surface area contributed by atoms with Gasteiger partial charge in [-0.2, -0.15) is 0 Å². The summed E-state index contributed by atoms with van der Waals surface area (Å²) < 4.78 is 59.3. The highest BCUT2D eigenvalue weighted by Gasteiger charge is 2.54. The van der Waals surface area contributed by atoms with Gasteiger partial charge in [0.05, 0.1) is 65.6 Å². The molecular formula is C49H94N2O14Si2. The Bertz CT molecular complexity index is 1590. The highest BCUT2D eigenvalue weighted by Crippen LogP contribution is 2.43. The summed E-state index contributed by atoms with van der Waals surface area (Å²) in [6.45, 7) is 28.6. The number of carbonyl (C=O) groups is 1. The predicted molar refractivity (Wildman–Crippen MR) is 263 cm³/mol. The lowest BCUT2D eigenvalue weighted by atomic mass is 9.73. The first-order valence-electron chi connectivity index (χ1n) is 25.3. The van der Waals surface area contributed by atoms with Crippen LogP contribution in [0.5, 0.6) is 0 Å². The van der Waals surface area contributed by atoms with Crippen LogP contribution >= 0.6 is 0 Å². The second kappa shape index (κ2) is 23.6. The predicted octanol–water partition coefficient (Wildman–Crippen LogP) is 5.84. The molecule has 3 N–H and O–H groups in total. The Hall–Kier alpha value is -1.11. The Morgan fingerprint density at radius 1 is 0.910 bits per heavy atom. The molecule has 0 aromatic rings. The largest absolute Gasteiger partial charge is 0.459 e. The van der Waals surface area contributed by atoms with E-state index in [0.29, 0.717) is 35.5 Å². The van der Waals surface area contributed by atoms with Gasteiger partial charge in [-0.25, -0.2) is 0 Å². The Labute approximate surface area is 407 Å². The number of methoxy groups -OCH3 is 1. The van der Waals surface area contributed by atoms with E-state index in [1.54, 1.807) is 34.8 Å². The number of rotatable bonds is 14. The smallest absolute Gasteiger partial charge is 0.311 e. The van der Waals surface area contributed by atoms with E-state index in [1.807, 2.05) is 62.6 Å². The van der Waals surface area contributed by atoms with E-state index in [1.165, 1.54) is 6.92 Å². The number of aliphatic hydroxyl groups excluding tert-OH is 1. The van der Waals surface area contributed by atoms with Crippen molar-refractivity contribution in [3.8, 4) is 0 Å². The van der Waals surface area contributed by atoms with E-state index >= 15 is 0 Å². The maximum absolute atomic E-state index is 14.7. The molecule has 67 heavy (non-hydrogen) atoms. The zero-order chi connectivity index (χ0) is 50.6. The molecule has 3 unspecified atom stereocenters. The van der Waals surface area contributed by atoms with Crippen LogP contribution in [0.1, 0.15) is 141 Å². The molecule has 0 spiro atoms. The fourth-order valence-electron chi connectivity index (χ4n) is 11.3. The van der Waals surface area contributed by atoms with E-state index in [-0.39, 0.29) is 43.6 Å². The minimum Gasteiger partial charge on any atom is -0.459 e. The minimum atomic E-state index is -2.06. The number of cyclic esters (lactones) is 1. The maximum atomic E-state index is 14.7. The number of aliphatic hydroxyl groups is 3. The molecule has 4 fully saturated rings. The highest BCUT2D eigenvalue weighted by molar-refractivity contribution is 6.69. The molecule has 18 heteroatoms. The second-order valence-corrected chi connectivity index (χ2v) is 27.7. The monoisotopic (exact) mass is 991 g/mol. The molecule has 18 atom stereocenters. The topological polar surface area (TPSA) is 186 Å². The van der Waals surface area contributed by atoms with Gasteiger partial charge in [-0.15, -0.1) is 0 Å². The highest BCUT2D eigenvalue weighted by atomic mass is 28.4. The van der Waals surface area contributed by atoms with Crippen molar-refractivity contribution in [2.75, 3.05) is 21.2 Å². The van der Waals surface area contributed by atoms with Crippen LogP contribution in [0.15, 0.2) is 5.16 Å². The van der Waals surface area contributed by atoms with Gasteiger partial charge in [0, 0.05) is 50.2 Å². The number of esters is 1. The van der Waals surface area contributed by atoms with E-state index < -0.39 is 110 Å². The van der Waals surface area contributed by atoms with Crippen LogP contribution in [-0.4, -0.2) is 168 Å². The van der Waals surface area contributed by atoms with Gasteiger partial charge in [0.25, 0.3) is 0 Å². The van der Waals surface area contributed by atoms with Gasteiger partial charge in [0.15, 0.2) is 20.9 Å². The van der Waals surface area contributed by atoms with E-state index in [0.717, 1.165) is 19.3 Å². The Balaban J connectivity index is 1.92. The Morgan fingerprint density at radius 3 is 2.07 bits per heavy atom. The summed E-state index contributed by atoms with van der Waals surface area (Å²) in [6, 6.07) is -0.0442. The van der Waals surface area contributed by atoms with Crippen molar-refractivity contribution in [3.63, 3.8) is 0 Å². The number of ether oxygens (including phenoxy) is 7. The van der Waals surface area contributed by atoms with Gasteiger partial charge >= 0.3 is 5.97 Å². The van der Waals surface area contributed by atoms with Gasteiger partial charge in [0.2, 0.25) is 5.79 Å². The third kappa shape index (κ3) is 14.3. The van der Waals surface area contributed by atoms with Gasteiger partial charge in [0.1, 0.15) is 28.3 Å². The fraction of sp³-hybridized carbons (Fsp3) is 0.959. The van der Waals surface area contributed by atoms with Crippen molar-refractivity contribution < 1.29 is 67.0 Å². The standard InChI is InChI=1S/C49H94N2O14Si2/c1-19-36-48(12,55)41(52)31(6)38(50-65-49(62-28(2)3)23-21-20-22-24-49)29(4)26-46(10,54)42(61-45-40(63-66)35(51(13)14)25-30(5)57-45)32(7)39(33(8)44(53)59-36)60-37-27-47(11,56-15)43(34(9)58-37)64-67(16,17)18/h28-37,39-43,45,52,54-55H,19-27H2,1-18,66H3/t29-,30-,31?,32+,33-,34+,35+,36-,37?,39+,40-,41-,42-,43+,45?,46+,47-,48-/m1/s1. The van der Waals surface area contributed by atoms with Crippen LogP contribution in [0.2, 0.25) is 19.6 Å². The van der Waals surface area contributed by atoms with Crippen LogP contribution < -0.4 is 0 Å². The number of nitrogens with zero attached hydrogens (tertiary/aromatic N) is 2. The number of carbonyl (C=O) groups excluding carboxylic acids is 1. The molecule has 0 aromatic heterocycles. The van der Waals surface area contributed by atoms with Crippen molar-refractivity contribution >= 4 is 30.5 Å². The first-order valence-corrected chi connectivity index (χ1v) is 29.5. The molecule has 392 valence electrons. The lowest BCUT2D eigenvalue weighted by Crippen LogP contribution is -2.62. The Kier molecular flexibility index (Phi) is 20.6.